The van der Waals surface area contributed by atoms with Gasteiger partial charge in [0.2, 0.25) is 0 Å². The fraction of sp³-hybridized carbons (Fsp3) is 0.333. The zero-order valence-corrected chi connectivity index (χ0v) is 10.8. The minimum Gasteiger partial charge on any atom is -0.0907 e. The molecule has 0 spiro atoms. The lowest BCUT2D eigenvalue weighted by atomic mass is 10.00. The molecule has 0 bridgehead atoms. The highest BCUT2D eigenvalue weighted by Crippen LogP contribution is 2.44. The van der Waals surface area contributed by atoms with Crippen molar-refractivity contribution in [1.82, 2.24) is 0 Å². The summed E-state index contributed by atoms with van der Waals surface area (Å²) in [4.78, 5) is 0. The van der Waals surface area contributed by atoms with E-state index in [-0.39, 0.29) is 7.92 Å². The summed E-state index contributed by atoms with van der Waals surface area (Å²) in [5.41, 5.74) is 1.52. The monoisotopic (exact) mass is 230 g/mol. The van der Waals surface area contributed by atoms with Gasteiger partial charge >= 0.3 is 0 Å². The van der Waals surface area contributed by atoms with Gasteiger partial charge in [-0.15, -0.1) is 0 Å². The molecule has 0 amide bonds. The molecule has 0 nitrogen and oxygen atoms in total. The van der Waals surface area contributed by atoms with Crippen molar-refractivity contribution in [1.29, 1.82) is 0 Å². The van der Waals surface area contributed by atoms with Gasteiger partial charge in [-0.05, 0) is 56.5 Å². The van der Waals surface area contributed by atoms with Crippen molar-refractivity contribution in [3.05, 3.63) is 53.9 Å². The van der Waals surface area contributed by atoms with Gasteiger partial charge in [0.1, 0.15) is 0 Å². The SMILES string of the molecule is C=C(C1=CCCCC1)P(C)c1ccccc1. The molecule has 0 saturated heterocycles. The smallest absolute Gasteiger partial charge is 0.0198 e. The van der Waals surface area contributed by atoms with Gasteiger partial charge in [0.25, 0.3) is 0 Å². The van der Waals surface area contributed by atoms with Crippen molar-refractivity contribution in [2.45, 2.75) is 25.7 Å². The molecular weight excluding hydrogens is 211 g/mol. The number of hydrogen-bond donors (Lipinski definition) is 0. The first-order valence-electron chi connectivity index (χ1n) is 5.96. The van der Waals surface area contributed by atoms with Crippen molar-refractivity contribution in [3.8, 4) is 0 Å². The second-order valence-electron chi connectivity index (χ2n) is 4.32. The van der Waals surface area contributed by atoms with Gasteiger partial charge in [-0.2, -0.15) is 0 Å². The maximum atomic E-state index is 4.32. The summed E-state index contributed by atoms with van der Waals surface area (Å²) >= 11 is 0. The fourth-order valence-electron chi connectivity index (χ4n) is 2.12. The van der Waals surface area contributed by atoms with Crippen molar-refractivity contribution in [3.63, 3.8) is 0 Å². The Labute approximate surface area is 99.8 Å². The lowest BCUT2D eigenvalue weighted by molar-refractivity contribution is 0.710. The molecule has 1 aromatic carbocycles. The minimum atomic E-state index is -0.222. The molecule has 1 aromatic rings. The molecule has 0 N–H and O–H groups in total. The van der Waals surface area contributed by atoms with E-state index in [1.165, 1.54) is 41.9 Å². The van der Waals surface area contributed by atoms with Gasteiger partial charge in [0.05, 0.1) is 0 Å². The summed E-state index contributed by atoms with van der Waals surface area (Å²) in [5.74, 6) is 0. The normalized spacial score (nSPS) is 17.7. The average Bonchev–Trinajstić information content (AvgIpc) is 2.39. The molecule has 84 valence electrons. The van der Waals surface area contributed by atoms with Crippen molar-refractivity contribution in [2.24, 2.45) is 0 Å². The van der Waals surface area contributed by atoms with Gasteiger partial charge < -0.3 is 0 Å². The van der Waals surface area contributed by atoms with E-state index < -0.39 is 0 Å². The average molecular weight is 230 g/mol. The Hall–Kier alpha value is -0.870. The Morgan fingerprint density at radius 1 is 1.19 bits per heavy atom. The Bertz CT molecular complexity index is 389. The third-order valence-electron chi connectivity index (χ3n) is 3.21. The van der Waals surface area contributed by atoms with E-state index >= 15 is 0 Å². The quantitative estimate of drug-likeness (QED) is 0.673. The Morgan fingerprint density at radius 2 is 1.94 bits per heavy atom. The zero-order chi connectivity index (χ0) is 11.4. The summed E-state index contributed by atoms with van der Waals surface area (Å²) in [7, 11) is -0.222. The molecule has 1 aliphatic rings. The lowest BCUT2D eigenvalue weighted by Crippen LogP contribution is -2.03. The molecule has 1 unspecified atom stereocenters. The molecule has 0 heterocycles. The maximum absolute atomic E-state index is 4.32. The maximum Gasteiger partial charge on any atom is -0.0198 e. The van der Waals surface area contributed by atoms with Crippen LogP contribution >= 0.6 is 7.92 Å². The van der Waals surface area contributed by atoms with Crippen molar-refractivity contribution < 1.29 is 0 Å². The predicted octanol–water partition coefficient (Wildman–Crippen LogP) is 4.44. The van der Waals surface area contributed by atoms with Crippen LogP contribution in [-0.2, 0) is 0 Å². The highest BCUT2D eigenvalue weighted by molar-refractivity contribution is 7.69. The largest absolute Gasteiger partial charge is 0.0907 e. The summed E-state index contributed by atoms with van der Waals surface area (Å²) in [5, 5.41) is 2.81. The van der Waals surface area contributed by atoms with Crippen molar-refractivity contribution >= 4 is 13.2 Å². The standard InChI is InChI=1S/C15H19P/c1-13(14-9-5-3-6-10-14)16(2)15-11-7-4-8-12-15/h4,7-9,11-12H,1,3,5-6,10H2,2H3. The van der Waals surface area contributed by atoms with Crippen molar-refractivity contribution in [2.75, 3.05) is 6.66 Å². The predicted molar refractivity (Wildman–Crippen MR) is 74.6 cm³/mol. The number of benzene rings is 1. The number of allylic oxidation sites excluding steroid dienone is 3. The molecule has 16 heavy (non-hydrogen) atoms. The third kappa shape index (κ3) is 2.62. The summed E-state index contributed by atoms with van der Waals surface area (Å²) in [6.07, 6.45) is 7.56. The lowest BCUT2D eigenvalue weighted by Gasteiger charge is -2.21. The Kier molecular flexibility index (Phi) is 3.96. The highest BCUT2D eigenvalue weighted by atomic mass is 31.1. The first-order chi connectivity index (χ1) is 7.79. The van der Waals surface area contributed by atoms with Crippen LogP contribution < -0.4 is 5.30 Å². The van der Waals surface area contributed by atoms with E-state index in [0.717, 1.165) is 0 Å². The van der Waals surface area contributed by atoms with Gasteiger partial charge in [-0.1, -0.05) is 43.0 Å². The van der Waals surface area contributed by atoms with E-state index in [1.807, 2.05) is 0 Å². The van der Waals surface area contributed by atoms with Crippen LogP contribution in [0.1, 0.15) is 25.7 Å². The van der Waals surface area contributed by atoms with Gasteiger partial charge in [0, 0.05) is 0 Å². The molecule has 1 aliphatic carbocycles. The second-order valence-corrected chi connectivity index (χ2v) is 6.49. The molecule has 0 aromatic heterocycles. The molecule has 1 atom stereocenters. The summed E-state index contributed by atoms with van der Waals surface area (Å²) in [6.45, 7) is 6.64. The molecule has 0 fully saturated rings. The molecule has 0 radical (unpaired) electrons. The van der Waals surface area contributed by atoms with Gasteiger partial charge in [-0.25, -0.2) is 0 Å². The van der Waals surface area contributed by atoms with E-state index in [1.54, 1.807) is 0 Å². The first kappa shape index (κ1) is 11.6. The summed E-state index contributed by atoms with van der Waals surface area (Å²) < 4.78 is 0. The van der Waals surface area contributed by atoms with Crippen LogP contribution in [0.3, 0.4) is 0 Å². The topological polar surface area (TPSA) is 0 Å². The second kappa shape index (κ2) is 5.46. The van der Waals surface area contributed by atoms with Crippen LogP contribution in [0.15, 0.2) is 53.9 Å². The van der Waals surface area contributed by atoms with E-state index in [9.17, 15) is 0 Å². The van der Waals surface area contributed by atoms with Crippen LogP contribution in [0, 0.1) is 0 Å². The zero-order valence-electron chi connectivity index (χ0n) is 9.95. The van der Waals surface area contributed by atoms with Crippen LogP contribution in [0.25, 0.3) is 0 Å². The highest BCUT2D eigenvalue weighted by Gasteiger charge is 2.14. The fourth-order valence-corrected chi connectivity index (χ4v) is 3.69. The van der Waals surface area contributed by atoms with Crippen LogP contribution in [0.4, 0.5) is 0 Å². The molecule has 2 rings (SSSR count). The Balaban J connectivity index is 2.13. The molecular formula is C15H19P. The van der Waals surface area contributed by atoms with Gasteiger partial charge in [-0.3, -0.25) is 0 Å². The van der Waals surface area contributed by atoms with Crippen LogP contribution in [0.2, 0.25) is 0 Å². The third-order valence-corrected chi connectivity index (χ3v) is 5.38. The molecule has 0 saturated carbocycles. The minimum absolute atomic E-state index is 0.222. The number of hydrogen-bond acceptors (Lipinski definition) is 0. The van der Waals surface area contributed by atoms with Gasteiger partial charge in [0.15, 0.2) is 0 Å². The van der Waals surface area contributed by atoms with Crippen LogP contribution in [0.5, 0.6) is 0 Å². The van der Waals surface area contributed by atoms with E-state index in [4.69, 9.17) is 0 Å². The molecule has 0 aliphatic heterocycles. The first-order valence-corrected chi connectivity index (χ1v) is 7.75. The number of rotatable bonds is 3. The van der Waals surface area contributed by atoms with E-state index in [0.29, 0.717) is 0 Å². The Morgan fingerprint density at radius 3 is 2.56 bits per heavy atom. The molecule has 1 heteroatoms. The summed E-state index contributed by atoms with van der Waals surface area (Å²) in [6, 6.07) is 10.8. The van der Waals surface area contributed by atoms with E-state index in [2.05, 4.69) is 49.7 Å². The van der Waals surface area contributed by atoms with Crippen LogP contribution in [-0.4, -0.2) is 6.66 Å².